The predicted molar refractivity (Wildman–Crippen MR) is 90.7 cm³/mol. The molecule has 0 aliphatic heterocycles. The predicted octanol–water partition coefficient (Wildman–Crippen LogP) is 3.88. The van der Waals surface area contributed by atoms with Gasteiger partial charge in [-0.15, -0.1) is 0 Å². The number of nitrogens with two attached hydrogens (primary N) is 1. The molecule has 8 heteroatoms. The van der Waals surface area contributed by atoms with Crippen molar-refractivity contribution in [1.29, 1.82) is 0 Å². The van der Waals surface area contributed by atoms with Gasteiger partial charge < -0.3 is 10.3 Å². The van der Waals surface area contributed by atoms with E-state index in [1.807, 2.05) is 0 Å². The molecular formula is C17H14F3N3OS. The van der Waals surface area contributed by atoms with Gasteiger partial charge in [-0.2, -0.15) is 18.3 Å². The fourth-order valence-electron chi connectivity index (χ4n) is 2.35. The van der Waals surface area contributed by atoms with E-state index in [0.29, 0.717) is 21.8 Å². The van der Waals surface area contributed by atoms with E-state index >= 15 is 0 Å². The second-order valence-electron chi connectivity index (χ2n) is 5.39. The summed E-state index contributed by atoms with van der Waals surface area (Å²) in [4.78, 5) is 0.596. The number of benzene rings is 2. The lowest BCUT2D eigenvalue weighted by molar-refractivity contribution is -0.141. The average molecular weight is 365 g/mol. The highest BCUT2D eigenvalue weighted by molar-refractivity contribution is 7.90. The van der Waals surface area contributed by atoms with Crippen LogP contribution in [0.15, 0.2) is 59.5 Å². The van der Waals surface area contributed by atoms with Crippen molar-refractivity contribution in [2.75, 3.05) is 12.0 Å². The molecular weight excluding hydrogens is 351 g/mol. The largest absolute Gasteiger partial charge is 0.612 e. The summed E-state index contributed by atoms with van der Waals surface area (Å²) >= 11 is -1.16. The van der Waals surface area contributed by atoms with Crippen LogP contribution in [0.4, 0.5) is 18.9 Å². The van der Waals surface area contributed by atoms with Gasteiger partial charge in [-0.05, 0) is 65.8 Å². The second-order valence-corrected chi connectivity index (χ2v) is 6.77. The van der Waals surface area contributed by atoms with Crippen LogP contribution in [0.5, 0.6) is 0 Å². The maximum absolute atomic E-state index is 13.1. The monoisotopic (exact) mass is 365 g/mol. The molecule has 0 aliphatic carbocycles. The van der Waals surface area contributed by atoms with Crippen LogP contribution in [0, 0.1) is 0 Å². The van der Waals surface area contributed by atoms with Crippen molar-refractivity contribution in [3.63, 3.8) is 0 Å². The average Bonchev–Trinajstić information content (AvgIpc) is 3.01. The van der Waals surface area contributed by atoms with Crippen molar-refractivity contribution < 1.29 is 17.7 Å². The summed E-state index contributed by atoms with van der Waals surface area (Å²) in [5, 5.41) is 3.71. The van der Waals surface area contributed by atoms with Gasteiger partial charge >= 0.3 is 6.18 Å². The van der Waals surface area contributed by atoms with Crippen LogP contribution in [0.2, 0.25) is 0 Å². The van der Waals surface area contributed by atoms with Crippen LogP contribution in [-0.2, 0) is 17.4 Å². The zero-order valence-corrected chi connectivity index (χ0v) is 13.9. The molecule has 0 amide bonds. The Balaban J connectivity index is 2.13. The first-order chi connectivity index (χ1) is 11.8. The van der Waals surface area contributed by atoms with E-state index in [4.69, 9.17) is 5.73 Å². The van der Waals surface area contributed by atoms with Crippen molar-refractivity contribution in [2.24, 2.45) is 0 Å². The Hall–Kier alpha value is -2.45. The van der Waals surface area contributed by atoms with E-state index in [0.717, 1.165) is 6.07 Å². The number of hydrogen-bond acceptors (Lipinski definition) is 3. The Morgan fingerprint density at radius 1 is 1.04 bits per heavy atom. The third kappa shape index (κ3) is 3.64. The molecule has 3 aromatic rings. The van der Waals surface area contributed by atoms with Crippen molar-refractivity contribution in [3.8, 4) is 16.9 Å². The Morgan fingerprint density at radius 2 is 1.64 bits per heavy atom. The van der Waals surface area contributed by atoms with Gasteiger partial charge in [0.25, 0.3) is 0 Å². The Labute approximate surface area is 145 Å². The molecule has 0 fully saturated rings. The van der Waals surface area contributed by atoms with Crippen molar-refractivity contribution in [2.45, 2.75) is 11.1 Å². The first kappa shape index (κ1) is 17.4. The maximum atomic E-state index is 13.1. The highest BCUT2D eigenvalue weighted by Gasteiger charge is 2.35. The normalized spacial score (nSPS) is 13.0. The molecule has 1 unspecified atom stereocenters. The third-order valence-electron chi connectivity index (χ3n) is 3.62. The van der Waals surface area contributed by atoms with Crippen LogP contribution >= 0.6 is 0 Å². The van der Waals surface area contributed by atoms with Gasteiger partial charge in [0.2, 0.25) is 0 Å². The van der Waals surface area contributed by atoms with Crippen LogP contribution in [0.25, 0.3) is 16.9 Å². The highest BCUT2D eigenvalue weighted by Crippen LogP contribution is 2.33. The summed E-state index contributed by atoms with van der Waals surface area (Å²) in [7, 11) is 0. The number of anilines is 1. The minimum atomic E-state index is -4.56. The van der Waals surface area contributed by atoms with E-state index in [1.165, 1.54) is 10.9 Å². The van der Waals surface area contributed by atoms with Gasteiger partial charge in [0, 0.05) is 11.3 Å². The summed E-state index contributed by atoms with van der Waals surface area (Å²) in [5.41, 5.74) is 6.43. The lowest BCUT2D eigenvalue weighted by Gasteiger charge is -2.09. The van der Waals surface area contributed by atoms with E-state index < -0.39 is 23.0 Å². The van der Waals surface area contributed by atoms with Gasteiger partial charge in [-0.1, -0.05) is 0 Å². The summed E-state index contributed by atoms with van der Waals surface area (Å²) in [5.74, 6) is 0. The van der Waals surface area contributed by atoms with Crippen LogP contribution in [0.1, 0.15) is 5.69 Å². The van der Waals surface area contributed by atoms with E-state index in [2.05, 4.69) is 5.10 Å². The molecule has 25 heavy (non-hydrogen) atoms. The minimum Gasteiger partial charge on any atom is -0.612 e. The molecule has 2 N–H and O–H groups in total. The Bertz CT molecular complexity index is 872. The molecule has 1 atom stereocenters. The quantitative estimate of drug-likeness (QED) is 0.566. The number of rotatable bonds is 3. The van der Waals surface area contributed by atoms with E-state index in [9.17, 15) is 17.7 Å². The molecule has 4 nitrogen and oxygen atoms in total. The molecule has 130 valence electrons. The first-order valence-electron chi connectivity index (χ1n) is 7.23. The minimum absolute atomic E-state index is 0.283. The summed E-state index contributed by atoms with van der Waals surface area (Å²) in [6.45, 7) is 0. The van der Waals surface area contributed by atoms with Gasteiger partial charge in [-0.3, -0.25) is 0 Å². The molecule has 0 saturated carbocycles. The third-order valence-corrected chi connectivity index (χ3v) is 4.56. The highest BCUT2D eigenvalue weighted by atomic mass is 32.2. The van der Waals surface area contributed by atoms with E-state index in [-0.39, 0.29) is 5.69 Å². The number of aromatic nitrogens is 2. The molecule has 2 aromatic carbocycles. The molecule has 0 saturated heterocycles. The molecule has 1 aromatic heterocycles. The standard InChI is InChI=1S/C17H14F3N3OS/c1-25(24)14-8-2-11(3-9-14)15-10-16(17(18,19)20)22-23(15)13-6-4-12(21)5-7-13/h2-10H,21H2,1H3. The Morgan fingerprint density at radius 3 is 2.16 bits per heavy atom. The topological polar surface area (TPSA) is 66.9 Å². The van der Waals surface area contributed by atoms with Crippen LogP contribution in [0.3, 0.4) is 0 Å². The van der Waals surface area contributed by atoms with Crippen molar-refractivity contribution in [3.05, 3.63) is 60.3 Å². The smallest absolute Gasteiger partial charge is 0.435 e. The number of alkyl halides is 3. The van der Waals surface area contributed by atoms with Crippen molar-refractivity contribution in [1.82, 2.24) is 9.78 Å². The molecule has 0 spiro atoms. The SMILES string of the molecule is C[S+]([O-])c1ccc(-c2cc(C(F)(F)F)nn2-c2ccc(N)cc2)cc1. The number of nitrogens with zero attached hydrogens (tertiary/aromatic N) is 2. The Kier molecular flexibility index (Phi) is 4.49. The lowest BCUT2D eigenvalue weighted by atomic mass is 10.1. The number of nitrogen functional groups attached to an aromatic ring is 1. The number of hydrogen-bond donors (Lipinski definition) is 1. The van der Waals surface area contributed by atoms with Gasteiger partial charge in [-0.25, -0.2) is 4.68 Å². The molecule has 0 bridgehead atoms. The summed E-state index contributed by atoms with van der Waals surface area (Å²) < 4.78 is 52.0. The molecule has 1 heterocycles. The van der Waals surface area contributed by atoms with Crippen LogP contribution in [-0.4, -0.2) is 20.6 Å². The fraction of sp³-hybridized carbons (Fsp3) is 0.118. The summed E-state index contributed by atoms with van der Waals surface area (Å²) in [6, 6.07) is 13.9. The molecule has 0 aliphatic rings. The van der Waals surface area contributed by atoms with Crippen LogP contribution < -0.4 is 5.73 Å². The maximum Gasteiger partial charge on any atom is 0.435 e. The zero-order chi connectivity index (χ0) is 18.2. The molecule has 3 rings (SSSR count). The zero-order valence-electron chi connectivity index (χ0n) is 13.1. The summed E-state index contributed by atoms with van der Waals surface area (Å²) in [6.07, 6.45) is -3.02. The number of halogens is 3. The van der Waals surface area contributed by atoms with Gasteiger partial charge in [0.1, 0.15) is 6.26 Å². The van der Waals surface area contributed by atoms with Gasteiger partial charge in [0.15, 0.2) is 10.6 Å². The second kappa shape index (κ2) is 6.45. The van der Waals surface area contributed by atoms with E-state index in [1.54, 1.807) is 48.5 Å². The lowest BCUT2D eigenvalue weighted by Crippen LogP contribution is -2.07. The fourth-order valence-corrected chi connectivity index (χ4v) is 2.87. The van der Waals surface area contributed by atoms with Gasteiger partial charge in [0.05, 0.1) is 11.4 Å². The van der Waals surface area contributed by atoms with Crippen molar-refractivity contribution >= 4 is 16.9 Å². The first-order valence-corrected chi connectivity index (χ1v) is 8.78. The molecule has 0 radical (unpaired) electrons.